The zero-order chi connectivity index (χ0) is 23.1. The molecule has 0 spiro atoms. The minimum absolute atomic E-state index is 0.325. The van der Waals surface area contributed by atoms with Gasteiger partial charge in [-0.15, -0.1) is 0 Å². The molecule has 9 heteroatoms. The van der Waals surface area contributed by atoms with Gasteiger partial charge >= 0.3 is 14.8 Å². The van der Waals surface area contributed by atoms with Crippen molar-refractivity contribution in [1.82, 2.24) is 0 Å². The Morgan fingerprint density at radius 3 is 1.70 bits per heavy atom. The molecule has 1 rings (SSSR count). The summed E-state index contributed by atoms with van der Waals surface area (Å²) in [6.07, 6.45) is 3.89. The molecule has 0 radical (unpaired) electrons. The lowest BCUT2D eigenvalue weighted by Crippen LogP contribution is -2.60. The molecule has 170 valence electrons. The lowest BCUT2D eigenvalue weighted by Gasteiger charge is -2.42. The minimum Gasteiger partial charge on any atom is -0.463 e. The molecule has 5 nitrogen and oxygen atoms in total. The zero-order valence-electron chi connectivity index (χ0n) is 20.2. The topological polar surface area (TPSA) is 54.0 Å². The van der Waals surface area contributed by atoms with Gasteiger partial charge in [0.2, 0.25) is 0 Å². The number of rotatable bonds is 12. The van der Waals surface area contributed by atoms with E-state index in [1.807, 2.05) is 30.3 Å². The predicted octanol–water partition coefficient (Wildman–Crippen LogP) is 6.13. The molecule has 0 amide bonds. The summed E-state index contributed by atoms with van der Waals surface area (Å²) in [6, 6.07) is 10.4. The van der Waals surface area contributed by atoms with Gasteiger partial charge in [0.05, 0.1) is 6.61 Å². The molecule has 0 saturated carbocycles. The van der Waals surface area contributed by atoms with E-state index in [-0.39, 0.29) is 5.97 Å². The first-order valence-electron chi connectivity index (χ1n) is 10.6. The van der Waals surface area contributed by atoms with Gasteiger partial charge in [-0.1, -0.05) is 30.3 Å². The van der Waals surface area contributed by atoms with Crippen LogP contribution >= 0.6 is 0 Å². The van der Waals surface area contributed by atoms with Gasteiger partial charge in [-0.25, -0.2) is 4.79 Å². The smallest absolute Gasteiger partial charge is 0.463 e. The number of ether oxygens (including phenoxy) is 1. The largest absolute Gasteiger partial charge is 0.469 e. The molecule has 0 bridgehead atoms. The second-order valence-electron chi connectivity index (χ2n) is 10.3. The van der Waals surface area contributed by atoms with Gasteiger partial charge in [0.15, 0.2) is 25.0 Å². The van der Waals surface area contributed by atoms with Crippen molar-refractivity contribution >= 4 is 45.8 Å². The van der Waals surface area contributed by atoms with Gasteiger partial charge in [0, 0.05) is 12.1 Å². The monoisotopic (exact) mass is 484 g/mol. The van der Waals surface area contributed by atoms with Crippen LogP contribution in [-0.2, 0) is 21.9 Å². The first kappa shape index (κ1) is 27.2. The summed E-state index contributed by atoms with van der Waals surface area (Å²) in [7, 11) is -8.53. The summed E-state index contributed by atoms with van der Waals surface area (Å²) in [4.78, 5) is 12.1. The van der Waals surface area contributed by atoms with E-state index >= 15 is 0 Å². The maximum Gasteiger partial charge on any atom is 0.469 e. The number of carbonyl (C=O) groups excluding carboxylic acids is 1. The summed E-state index contributed by atoms with van der Waals surface area (Å²) in [5.41, 5.74) is 0.969. The van der Waals surface area contributed by atoms with E-state index < -0.39 is 33.8 Å². The van der Waals surface area contributed by atoms with E-state index in [2.05, 4.69) is 58.9 Å². The Balaban J connectivity index is 2.78. The molecule has 0 saturated heterocycles. The highest BCUT2D eigenvalue weighted by Gasteiger charge is 2.49. The Morgan fingerprint density at radius 2 is 1.27 bits per heavy atom. The molecule has 0 aliphatic carbocycles. The first-order chi connectivity index (χ1) is 13.6. The fourth-order valence-electron chi connectivity index (χ4n) is 2.85. The lowest BCUT2D eigenvalue weighted by atomic mass is 10.2. The minimum atomic E-state index is -2.87. The Labute approximate surface area is 187 Å². The van der Waals surface area contributed by atoms with E-state index in [0.29, 0.717) is 19.1 Å². The fourth-order valence-corrected chi connectivity index (χ4v) is 17.5. The molecule has 30 heavy (non-hydrogen) atoms. The molecule has 0 atom stereocenters. The molecule has 0 fully saturated rings. The van der Waals surface area contributed by atoms with Gasteiger partial charge < -0.3 is 17.1 Å². The molecule has 1 aromatic carbocycles. The van der Waals surface area contributed by atoms with E-state index in [0.717, 1.165) is 5.56 Å². The van der Waals surface area contributed by atoms with Crippen molar-refractivity contribution in [1.29, 1.82) is 0 Å². The molecule has 1 aromatic rings. The second kappa shape index (κ2) is 11.2. The Morgan fingerprint density at radius 1 is 0.800 bits per heavy atom. The van der Waals surface area contributed by atoms with Crippen molar-refractivity contribution in [3.05, 3.63) is 42.0 Å². The summed E-state index contributed by atoms with van der Waals surface area (Å²) >= 11 is 0. The fraction of sp³-hybridized carbons (Fsp3) is 0.571. The van der Waals surface area contributed by atoms with Gasteiger partial charge in [-0.3, -0.25) is 0 Å². The van der Waals surface area contributed by atoms with Crippen LogP contribution in [0.3, 0.4) is 0 Å². The van der Waals surface area contributed by atoms with Gasteiger partial charge in [-0.2, -0.15) is 0 Å². The van der Waals surface area contributed by atoms with Crippen molar-refractivity contribution in [3.63, 3.8) is 0 Å². The van der Waals surface area contributed by atoms with E-state index in [4.69, 9.17) is 17.1 Å². The van der Waals surface area contributed by atoms with Crippen molar-refractivity contribution in [2.75, 3.05) is 6.61 Å². The molecule has 0 unspecified atom stereocenters. The second-order valence-corrected chi connectivity index (χ2v) is 27.3. The van der Waals surface area contributed by atoms with Crippen molar-refractivity contribution in [3.8, 4) is 0 Å². The number of hydrogen-bond donors (Lipinski definition) is 0. The molecule has 0 N–H and O–H groups in total. The van der Waals surface area contributed by atoms with Crippen LogP contribution in [0, 0.1) is 0 Å². The molecule has 0 heterocycles. The van der Waals surface area contributed by atoms with E-state index in [1.54, 1.807) is 6.08 Å². The SMILES string of the molecule is C[Si](C)(C)O[Si](CCCOC(=O)/C=C/c1ccccc1)(O[Si](C)(C)C)O[Si](C)(C)C. The van der Waals surface area contributed by atoms with Crippen LogP contribution < -0.4 is 0 Å². The van der Waals surface area contributed by atoms with Crippen molar-refractivity contribution in [2.45, 2.75) is 71.4 Å². The van der Waals surface area contributed by atoms with E-state index in [1.165, 1.54) is 6.08 Å². The van der Waals surface area contributed by atoms with Gasteiger partial charge in [-0.05, 0) is 77.0 Å². The van der Waals surface area contributed by atoms with Crippen LogP contribution in [0.15, 0.2) is 36.4 Å². The maximum absolute atomic E-state index is 12.1. The third-order valence-electron chi connectivity index (χ3n) is 3.47. The zero-order valence-corrected chi connectivity index (χ0v) is 24.2. The lowest BCUT2D eigenvalue weighted by molar-refractivity contribution is -0.137. The Hall–Kier alpha value is -0.822. The van der Waals surface area contributed by atoms with Crippen molar-refractivity contribution in [2.24, 2.45) is 0 Å². The quantitative estimate of drug-likeness (QED) is 0.155. The van der Waals surface area contributed by atoms with Crippen LogP contribution in [0.5, 0.6) is 0 Å². The average molecular weight is 485 g/mol. The maximum atomic E-state index is 12.1. The molecule has 0 aliphatic heterocycles. The third kappa shape index (κ3) is 12.8. The summed E-state index contributed by atoms with van der Waals surface area (Å²) in [5, 5.41) is 0. The predicted molar refractivity (Wildman–Crippen MR) is 135 cm³/mol. The first-order valence-corrected chi connectivity index (χ1v) is 22.8. The summed E-state index contributed by atoms with van der Waals surface area (Å²) < 4.78 is 25.3. The van der Waals surface area contributed by atoms with Crippen LogP contribution in [0.1, 0.15) is 12.0 Å². The Kier molecular flexibility index (Phi) is 10.1. The highest BCUT2D eigenvalue weighted by atomic mass is 28.5. The van der Waals surface area contributed by atoms with Crippen LogP contribution in [0.2, 0.25) is 65.0 Å². The van der Waals surface area contributed by atoms with Gasteiger partial charge in [0.1, 0.15) is 0 Å². The van der Waals surface area contributed by atoms with Crippen LogP contribution in [0.4, 0.5) is 0 Å². The standard InChI is InChI=1S/C21H40O5Si4/c1-27(2,3)24-30(25-28(4,5)6,26-29(7,8)9)19-13-18-23-21(22)17-16-20-14-11-10-12-15-20/h10-12,14-17H,13,18-19H2,1-9H3/b17-16+. The Bertz CT molecular complexity index is 647. The van der Waals surface area contributed by atoms with Crippen LogP contribution in [0.25, 0.3) is 6.08 Å². The highest BCUT2D eigenvalue weighted by Crippen LogP contribution is 2.29. The van der Waals surface area contributed by atoms with E-state index in [9.17, 15) is 4.79 Å². The summed E-state index contributed by atoms with van der Waals surface area (Å²) in [6.45, 7) is 19.9. The van der Waals surface area contributed by atoms with Gasteiger partial charge in [0.25, 0.3) is 0 Å². The normalized spacial score (nSPS) is 13.6. The molecule has 0 aliphatic rings. The number of hydrogen-bond acceptors (Lipinski definition) is 5. The van der Waals surface area contributed by atoms with Crippen molar-refractivity contribution < 1.29 is 21.9 Å². The highest BCUT2D eigenvalue weighted by molar-refractivity contribution is 6.90. The molecular formula is C21H40O5Si4. The average Bonchev–Trinajstić information content (AvgIpc) is 2.53. The van der Waals surface area contributed by atoms with Crippen LogP contribution in [-0.4, -0.2) is 46.3 Å². The third-order valence-corrected chi connectivity index (χ3v) is 15.5. The molecular weight excluding hydrogens is 445 g/mol. The summed E-state index contributed by atoms with van der Waals surface area (Å²) in [5.74, 6) is -0.338. The number of carbonyl (C=O) groups is 1. The number of benzene rings is 1. The molecule has 0 aromatic heterocycles. The number of esters is 1.